The summed E-state index contributed by atoms with van der Waals surface area (Å²) in [6, 6.07) is 36.0. The summed E-state index contributed by atoms with van der Waals surface area (Å²) in [5, 5.41) is 10.7. The van der Waals surface area contributed by atoms with E-state index in [2.05, 4.69) is 91.0 Å². The van der Waals surface area contributed by atoms with E-state index in [0.717, 1.165) is 0 Å². The largest absolute Gasteiger partial charge is 0.0610 e. The van der Waals surface area contributed by atoms with Crippen molar-refractivity contribution in [1.29, 1.82) is 0 Å². The molecule has 0 saturated carbocycles. The topological polar surface area (TPSA) is 0 Å². The Morgan fingerprint density at radius 3 is 1.85 bits per heavy atom. The predicted octanol–water partition coefficient (Wildman–Crippen LogP) is 7.20. The normalized spacial score (nSPS) is 11.8. The van der Waals surface area contributed by atoms with Crippen LogP contribution in [-0.4, -0.2) is 0 Å². The Hall–Kier alpha value is -3.38. The molecule has 0 unspecified atom stereocenters. The van der Waals surface area contributed by atoms with Gasteiger partial charge >= 0.3 is 0 Å². The summed E-state index contributed by atoms with van der Waals surface area (Å²) in [6.45, 7) is 0. The number of hydrogen-bond donors (Lipinski definition) is 0. The second-order valence-electron chi connectivity index (χ2n) is 6.93. The van der Waals surface area contributed by atoms with Crippen LogP contribution in [0.2, 0.25) is 0 Å². The molecular weight excluding hydrogens is 312 g/mol. The van der Waals surface area contributed by atoms with Crippen molar-refractivity contribution in [1.82, 2.24) is 0 Å². The maximum absolute atomic E-state index is 3.21. The summed E-state index contributed by atoms with van der Waals surface area (Å²) in [5.74, 6) is 0. The van der Waals surface area contributed by atoms with E-state index in [1.807, 2.05) is 6.07 Å². The third-order valence-corrected chi connectivity index (χ3v) is 5.50. The summed E-state index contributed by atoms with van der Waals surface area (Å²) >= 11 is 0. The molecule has 0 heteroatoms. The Kier molecular flexibility index (Phi) is 2.70. The van der Waals surface area contributed by atoms with Crippen LogP contribution in [0.4, 0.5) is 0 Å². The highest BCUT2D eigenvalue weighted by molar-refractivity contribution is 6.33. The van der Waals surface area contributed by atoms with Crippen molar-refractivity contribution in [2.75, 3.05) is 0 Å². The van der Waals surface area contributed by atoms with Gasteiger partial charge in [-0.2, -0.15) is 0 Å². The molecule has 0 spiro atoms. The summed E-state index contributed by atoms with van der Waals surface area (Å²) < 4.78 is 0. The van der Waals surface area contributed by atoms with Crippen molar-refractivity contribution in [2.24, 2.45) is 0 Å². The maximum Gasteiger partial charge on any atom is -0.00259 e. The van der Waals surface area contributed by atoms with E-state index < -0.39 is 0 Å². The van der Waals surface area contributed by atoms with Gasteiger partial charge in [0, 0.05) is 0 Å². The molecule has 6 aromatic rings. The third kappa shape index (κ3) is 1.79. The molecule has 0 aliphatic heterocycles. The van der Waals surface area contributed by atoms with Gasteiger partial charge in [0.15, 0.2) is 0 Å². The van der Waals surface area contributed by atoms with Crippen LogP contribution >= 0.6 is 0 Å². The standard InChI is InChI=1S/C26H15/c1-2-7-17(8-3-1)20-15-19-11-6-13-22-21-12-4-9-18-10-5-14-23(25(18)21)24(16-20)26(19)22/h1-2,4-16H. The molecule has 0 nitrogen and oxygen atoms in total. The first-order chi connectivity index (χ1) is 12.9. The van der Waals surface area contributed by atoms with Crippen molar-refractivity contribution in [3.63, 3.8) is 0 Å². The average molecular weight is 327 g/mol. The van der Waals surface area contributed by atoms with Crippen LogP contribution in [0.25, 0.3) is 54.2 Å². The van der Waals surface area contributed by atoms with Crippen LogP contribution in [0.5, 0.6) is 0 Å². The van der Waals surface area contributed by atoms with Crippen LogP contribution in [0.1, 0.15) is 0 Å². The maximum atomic E-state index is 3.21. The zero-order chi connectivity index (χ0) is 17.1. The molecule has 0 N–H and O–H groups in total. The average Bonchev–Trinajstić information content (AvgIpc) is 2.72. The van der Waals surface area contributed by atoms with E-state index in [-0.39, 0.29) is 0 Å². The predicted molar refractivity (Wildman–Crippen MR) is 112 cm³/mol. The lowest BCUT2D eigenvalue weighted by Gasteiger charge is -2.15. The van der Waals surface area contributed by atoms with Gasteiger partial charge in [0.1, 0.15) is 0 Å². The van der Waals surface area contributed by atoms with Gasteiger partial charge in [-0.1, -0.05) is 72.8 Å². The molecular formula is C26H15. The third-order valence-electron chi connectivity index (χ3n) is 5.50. The van der Waals surface area contributed by atoms with E-state index in [0.29, 0.717) is 0 Å². The minimum Gasteiger partial charge on any atom is -0.0610 e. The lowest BCUT2D eigenvalue weighted by molar-refractivity contribution is 1.65. The van der Waals surface area contributed by atoms with Crippen molar-refractivity contribution in [3.05, 3.63) is 97.1 Å². The van der Waals surface area contributed by atoms with E-state index in [1.54, 1.807) is 0 Å². The van der Waals surface area contributed by atoms with Gasteiger partial charge in [-0.15, -0.1) is 0 Å². The molecule has 0 heterocycles. The van der Waals surface area contributed by atoms with E-state index in [1.165, 1.54) is 54.2 Å². The van der Waals surface area contributed by atoms with Gasteiger partial charge in [0.05, 0.1) is 0 Å². The molecule has 119 valence electrons. The summed E-state index contributed by atoms with van der Waals surface area (Å²) in [4.78, 5) is 0. The van der Waals surface area contributed by atoms with Crippen molar-refractivity contribution >= 4 is 43.1 Å². The minimum atomic E-state index is 1.21. The SMILES string of the molecule is [c]1cccc(-c2cc3cccc4c5cccc6cccc(c(c2)c34)c65)c1. The highest BCUT2D eigenvalue weighted by Crippen LogP contribution is 2.41. The van der Waals surface area contributed by atoms with Crippen LogP contribution < -0.4 is 0 Å². The molecule has 6 rings (SSSR count). The molecule has 0 amide bonds. The molecule has 0 bridgehead atoms. The fourth-order valence-corrected chi connectivity index (χ4v) is 4.39. The van der Waals surface area contributed by atoms with Crippen LogP contribution in [0.3, 0.4) is 0 Å². The molecule has 1 radical (unpaired) electrons. The molecule has 0 aliphatic rings. The number of benzene rings is 6. The Bertz CT molecular complexity index is 1400. The fraction of sp³-hybridized carbons (Fsp3) is 0. The van der Waals surface area contributed by atoms with Gasteiger partial charge in [-0.05, 0) is 78.5 Å². The van der Waals surface area contributed by atoms with Gasteiger partial charge in [-0.3, -0.25) is 0 Å². The van der Waals surface area contributed by atoms with Crippen LogP contribution in [-0.2, 0) is 0 Å². The minimum absolute atomic E-state index is 1.21. The quantitative estimate of drug-likeness (QED) is 0.221. The zero-order valence-electron chi connectivity index (χ0n) is 14.2. The first kappa shape index (κ1) is 13.9. The lowest BCUT2D eigenvalue weighted by atomic mass is 9.88. The van der Waals surface area contributed by atoms with E-state index in [9.17, 15) is 0 Å². The second-order valence-corrected chi connectivity index (χ2v) is 6.93. The highest BCUT2D eigenvalue weighted by Gasteiger charge is 2.13. The molecule has 0 aliphatic carbocycles. The van der Waals surface area contributed by atoms with Crippen molar-refractivity contribution in [2.45, 2.75) is 0 Å². The highest BCUT2D eigenvalue weighted by atomic mass is 14.2. The molecule has 0 fully saturated rings. The molecule has 26 heavy (non-hydrogen) atoms. The van der Waals surface area contributed by atoms with Crippen molar-refractivity contribution < 1.29 is 0 Å². The van der Waals surface area contributed by atoms with E-state index in [4.69, 9.17) is 0 Å². The second kappa shape index (κ2) is 5.06. The fourth-order valence-electron chi connectivity index (χ4n) is 4.39. The number of rotatable bonds is 1. The molecule has 0 aromatic heterocycles. The Morgan fingerprint density at radius 2 is 1.15 bits per heavy atom. The van der Waals surface area contributed by atoms with Crippen LogP contribution in [0.15, 0.2) is 91.0 Å². The van der Waals surface area contributed by atoms with Crippen molar-refractivity contribution in [3.8, 4) is 11.1 Å². The summed E-state index contributed by atoms with van der Waals surface area (Å²) in [7, 11) is 0. The monoisotopic (exact) mass is 327 g/mol. The smallest absolute Gasteiger partial charge is 0.00259 e. The zero-order valence-corrected chi connectivity index (χ0v) is 14.2. The lowest BCUT2D eigenvalue weighted by Crippen LogP contribution is -1.88. The summed E-state index contributed by atoms with van der Waals surface area (Å²) in [6.07, 6.45) is 0. The first-order valence-corrected chi connectivity index (χ1v) is 8.96. The first-order valence-electron chi connectivity index (χ1n) is 8.96. The Labute approximate surface area is 151 Å². The molecule has 0 saturated heterocycles. The summed E-state index contributed by atoms with van der Waals surface area (Å²) in [5.41, 5.74) is 2.46. The number of hydrogen-bond acceptors (Lipinski definition) is 0. The molecule has 0 atom stereocenters. The van der Waals surface area contributed by atoms with Crippen LogP contribution in [0, 0.1) is 6.07 Å². The van der Waals surface area contributed by atoms with Gasteiger partial charge in [-0.25, -0.2) is 0 Å². The Morgan fingerprint density at radius 1 is 0.500 bits per heavy atom. The van der Waals surface area contributed by atoms with E-state index >= 15 is 0 Å². The Balaban J connectivity index is 1.91. The molecule has 6 aromatic carbocycles. The van der Waals surface area contributed by atoms with Gasteiger partial charge < -0.3 is 0 Å². The number of fused-ring (bicyclic) bond motifs is 2. The van der Waals surface area contributed by atoms with Gasteiger partial charge in [0.2, 0.25) is 0 Å². The van der Waals surface area contributed by atoms with Gasteiger partial charge in [0.25, 0.3) is 0 Å².